The van der Waals surface area contributed by atoms with Crippen LogP contribution in [0.4, 0.5) is 0 Å². The molecule has 0 radical (unpaired) electrons. The van der Waals surface area contributed by atoms with Gasteiger partial charge in [-0.25, -0.2) is 4.98 Å². The fourth-order valence-electron chi connectivity index (χ4n) is 1.86. The maximum atomic E-state index is 10.7. The molecular formula is C15H17NO5. The van der Waals surface area contributed by atoms with Gasteiger partial charge in [-0.2, -0.15) is 0 Å². The molecule has 0 aliphatic rings. The molecule has 1 heterocycles. The lowest BCUT2D eigenvalue weighted by molar-refractivity contribution is -0.136. The second-order valence-electron chi connectivity index (χ2n) is 4.24. The van der Waals surface area contributed by atoms with Crippen LogP contribution in [0.3, 0.4) is 0 Å². The first kappa shape index (κ1) is 14.9. The largest absolute Gasteiger partial charge is 0.490 e. The van der Waals surface area contributed by atoms with Crippen LogP contribution < -0.4 is 9.47 Å². The minimum absolute atomic E-state index is 0.168. The summed E-state index contributed by atoms with van der Waals surface area (Å²) in [6, 6.07) is 5.35. The van der Waals surface area contributed by atoms with E-state index in [2.05, 4.69) is 4.98 Å². The zero-order valence-corrected chi connectivity index (χ0v) is 12.0. The van der Waals surface area contributed by atoms with E-state index in [1.54, 1.807) is 18.2 Å². The number of ether oxygens (including phenoxy) is 2. The van der Waals surface area contributed by atoms with Gasteiger partial charge in [-0.3, -0.25) is 4.79 Å². The van der Waals surface area contributed by atoms with E-state index in [-0.39, 0.29) is 6.42 Å². The van der Waals surface area contributed by atoms with Gasteiger partial charge in [0.1, 0.15) is 6.26 Å². The highest BCUT2D eigenvalue weighted by molar-refractivity contribution is 5.69. The summed E-state index contributed by atoms with van der Waals surface area (Å²) in [5, 5.41) is 8.74. The fraction of sp³-hybridized carbons (Fsp3) is 0.333. The van der Waals surface area contributed by atoms with Gasteiger partial charge in [-0.1, -0.05) is 0 Å². The van der Waals surface area contributed by atoms with Crippen LogP contribution in [0.5, 0.6) is 11.5 Å². The minimum atomic E-state index is -0.948. The van der Waals surface area contributed by atoms with Crippen LogP contribution >= 0.6 is 0 Å². The van der Waals surface area contributed by atoms with Crippen LogP contribution in [0.2, 0.25) is 0 Å². The highest BCUT2D eigenvalue weighted by Crippen LogP contribution is 2.32. The van der Waals surface area contributed by atoms with E-state index in [0.717, 1.165) is 0 Å². The van der Waals surface area contributed by atoms with Crippen molar-refractivity contribution in [3.8, 4) is 23.0 Å². The highest BCUT2D eigenvalue weighted by Gasteiger charge is 2.13. The molecule has 0 unspecified atom stereocenters. The van der Waals surface area contributed by atoms with Crippen LogP contribution in [0.25, 0.3) is 11.5 Å². The van der Waals surface area contributed by atoms with Gasteiger partial charge in [0.15, 0.2) is 11.5 Å². The summed E-state index contributed by atoms with van der Waals surface area (Å²) >= 11 is 0. The topological polar surface area (TPSA) is 81.8 Å². The zero-order chi connectivity index (χ0) is 15.2. The smallest absolute Gasteiger partial charge is 0.309 e. The number of oxazole rings is 1. The third-order valence-corrected chi connectivity index (χ3v) is 2.67. The summed E-state index contributed by atoms with van der Waals surface area (Å²) in [5.74, 6) is 0.669. The van der Waals surface area contributed by atoms with Crippen molar-refractivity contribution in [1.82, 2.24) is 4.98 Å². The molecule has 1 aromatic carbocycles. The first-order valence-corrected chi connectivity index (χ1v) is 6.70. The molecule has 1 aromatic heterocycles. The molecule has 0 atom stereocenters. The first-order valence-electron chi connectivity index (χ1n) is 6.70. The Morgan fingerprint density at radius 1 is 1.24 bits per heavy atom. The predicted molar refractivity (Wildman–Crippen MR) is 75.6 cm³/mol. The maximum Gasteiger partial charge on any atom is 0.309 e. The first-order chi connectivity index (χ1) is 10.1. The third kappa shape index (κ3) is 3.75. The molecule has 21 heavy (non-hydrogen) atoms. The monoisotopic (exact) mass is 291 g/mol. The van der Waals surface area contributed by atoms with Gasteiger partial charge in [0.05, 0.1) is 25.3 Å². The Kier molecular flexibility index (Phi) is 4.81. The van der Waals surface area contributed by atoms with E-state index in [1.165, 1.54) is 6.26 Å². The third-order valence-electron chi connectivity index (χ3n) is 2.67. The fourth-order valence-corrected chi connectivity index (χ4v) is 1.86. The van der Waals surface area contributed by atoms with E-state index >= 15 is 0 Å². The molecule has 6 heteroatoms. The van der Waals surface area contributed by atoms with Crippen LogP contribution in [0, 0.1) is 0 Å². The average molecular weight is 291 g/mol. The molecule has 0 aliphatic carbocycles. The molecule has 0 spiro atoms. The normalized spacial score (nSPS) is 10.4. The van der Waals surface area contributed by atoms with E-state index < -0.39 is 5.97 Å². The van der Waals surface area contributed by atoms with Crippen LogP contribution in [-0.4, -0.2) is 29.3 Å². The molecule has 0 saturated carbocycles. The molecule has 6 nitrogen and oxygen atoms in total. The Bertz CT molecular complexity index is 620. The molecule has 0 bridgehead atoms. The summed E-state index contributed by atoms with van der Waals surface area (Å²) in [5.41, 5.74) is 1.09. The number of carboxylic acid groups (broad SMARTS) is 1. The van der Waals surface area contributed by atoms with Crippen molar-refractivity contribution in [2.24, 2.45) is 0 Å². The number of nitrogens with zero attached hydrogens (tertiary/aromatic N) is 1. The standard InChI is InChI=1S/C15H17NO5/c1-3-19-12-6-5-10(7-13(12)20-4-2)15-16-11(9-21-15)8-14(17)18/h5-7,9H,3-4,8H2,1-2H3,(H,17,18). The van der Waals surface area contributed by atoms with Gasteiger partial charge in [-0.15, -0.1) is 0 Å². The maximum absolute atomic E-state index is 10.7. The summed E-state index contributed by atoms with van der Waals surface area (Å²) < 4.78 is 16.3. The van der Waals surface area contributed by atoms with E-state index in [1.807, 2.05) is 13.8 Å². The number of benzene rings is 1. The van der Waals surface area contributed by atoms with Gasteiger partial charge in [0.2, 0.25) is 5.89 Å². The number of carbonyl (C=O) groups is 1. The van der Waals surface area contributed by atoms with Gasteiger partial charge in [0, 0.05) is 5.56 Å². The van der Waals surface area contributed by atoms with Crippen molar-refractivity contribution in [2.75, 3.05) is 13.2 Å². The zero-order valence-electron chi connectivity index (χ0n) is 12.0. The van der Waals surface area contributed by atoms with Gasteiger partial charge >= 0.3 is 5.97 Å². The molecular weight excluding hydrogens is 274 g/mol. The molecule has 0 amide bonds. The number of carboxylic acids is 1. The van der Waals surface area contributed by atoms with Crippen LogP contribution in [0.1, 0.15) is 19.5 Å². The molecule has 2 aromatic rings. The van der Waals surface area contributed by atoms with E-state index in [9.17, 15) is 4.79 Å². The number of aromatic nitrogens is 1. The predicted octanol–water partition coefficient (Wildman–Crippen LogP) is 2.77. The Hall–Kier alpha value is -2.50. The Balaban J connectivity index is 2.28. The molecule has 0 saturated heterocycles. The lowest BCUT2D eigenvalue weighted by atomic mass is 10.2. The van der Waals surface area contributed by atoms with Gasteiger partial charge < -0.3 is 19.0 Å². The van der Waals surface area contributed by atoms with Crippen molar-refractivity contribution >= 4 is 5.97 Å². The molecule has 1 N–H and O–H groups in total. The van der Waals surface area contributed by atoms with E-state index in [4.69, 9.17) is 19.0 Å². The van der Waals surface area contributed by atoms with Crippen molar-refractivity contribution in [3.63, 3.8) is 0 Å². The lowest BCUT2D eigenvalue weighted by Gasteiger charge is -2.11. The molecule has 0 fully saturated rings. The number of hydrogen-bond acceptors (Lipinski definition) is 5. The second-order valence-corrected chi connectivity index (χ2v) is 4.24. The summed E-state index contributed by atoms with van der Waals surface area (Å²) in [6.45, 7) is 4.84. The molecule has 112 valence electrons. The number of aliphatic carboxylic acids is 1. The van der Waals surface area contributed by atoms with E-state index in [0.29, 0.717) is 41.9 Å². The van der Waals surface area contributed by atoms with Gasteiger partial charge in [-0.05, 0) is 32.0 Å². The minimum Gasteiger partial charge on any atom is -0.490 e. The van der Waals surface area contributed by atoms with Crippen molar-refractivity contribution in [2.45, 2.75) is 20.3 Å². The summed E-state index contributed by atoms with van der Waals surface area (Å²) in [4.78, 5) is 14.8. The van der Waals surface area contributed by atoms with Crippen molar-refractivity contribution in [1.29, 1.82) is 0 Å². The Labute approximate surface area is 122 Å². The van der Waals surface area contributed by atoms with Gasteiger partial charge in [0.25, 0.3) is 0 Å². The lowest BCUT2D eigenvalue weighted by Crippen LogP contribution is -2.00. The molecule has 0 aliphatic heterocycles. The SMILES string of the molecule is CCOc1ccc(-c2nc(CC(=O)O)co2)cc1OCC. The number of hydrogen-bond donors (Lipinski definition) is 1. The second kappa shape index (κ2) is 6.78. The average Bonchev–Trinajstić information content (AvgIpc) is 2.89. The van der Waals surface area contributed by atoms with Crippen LogP contribution in [-0.2, 0) is 11.2 Å². The Morgan fingerprint density at radius 3 is 2.62 bits per heavy atom. The number of rotatable bonds is 7. The highest BCUT2D eigenvalue weighted by atomic mass is 16.5. The quantitative estimate of drug-likeness (QED) is 0.844. The molecule has 2 rings (SSSR count). The van der Waals surface area contributed by atoms with Crippen molar-refractivity contribution < 1.29 is 23.8 Å². The van der Waals surface area contributed by atoms with Crippen molar-refractivity contribution in [3.05, 3.63) is 30.2 Å². The summed E-state index contributed by atoms with van der Waals surface area (Å²) in [7, 11) is 0. The summed E-state index contributed by atoms with van der Waals surface area (Å²) in [6.07, 6.45) is 1.18. The van der Waals surface area contributed by atoms with Crippen LogP contribution in [0.15, 0.2) is 28.9 Å². The Morgan fingerprint density at radius 2 is 1.95 bits per heavy atom.